The summed E-state index contributed by atoms with van der Waals surface area (Å²) in [6, 6.07) is 40.6. The average Bonchev–Trinajstić information content (AvgIpc) is 3.42. The van der Waals surface area contributed by atoms with E-state index in [0.29, 0.717) is 0 Å². The van der Waals surface area contributed by atoms with Crippen molar-refractivity contribution in [2.45, 2.75) is 52.4 Å². The molecular weight excluding hydrogens is 577 g/mol. The van der Waals surface area contributed by atoms with Gasteiger partial charge < -0.3 is 9.55 Å². The van der Waals surface area contributed by atoms with Gasteiger partial charge in [0.2, 0.25) is 0 Å². The topological polar surface area (TPSA) is 12.5 Å². The van der Waals surface area contributed by atoms with Gasteiger partial charge in [-0.05, 0) is 74.7 Å². The molecule has 0 fully saturated rings. The summed E-state index contributed by atoms with van der Waals surface area (Å²) in [6.07, 6.45) is 0. The molecule has 0 saturated heterocycles. The fraction of sp³-hybridized carbons (Fsp3) is 0.190. The summed E-state index contributed by atoms with van der Waals surface area (Å²) in [6.45, 7) is 13.7. The Kier molecular flexibility index (Phi) is 5.73. The lowest BCUT2D eigenvalue weighted by Crippen LogP contribution is -2.56. The average molecular weight is 614 g/mol. The summed E-state index contributed by atoms with van der Waals surface area (Å²) in [4.78, 5) is 2.58. The third-order valence-electron chi connectivity index (χ3n) is 9.95. The van der Waals surface area contributed by atoms with E-state index in [9.17, 15) is 0 Å². The smallest absolute Gasteiger partial charge is 0.432 e. The van der Waals surface area contributed by atoms with E-state index in [1.54, 1.807) is 0 Å². The van der Waals surface area contributed by atoms with Gasteiger partial charge in [-0.15, -0.1) is 11.3 Å². The molecule has 4 heteroatoms. The molecule has 3 heterocycles. The molecule has 2 aliphatic rings. The molecule has 0 N–H and O–H groups in total. The van der Waals surface area contributed by atoms with Crippen molar-refractivity contribution in [2.24, 2.45) is 0 Å². The molecule has 0 radical (unpaired) electrons. The minimum absolute atomic E-state index is 0.00829. The van der Waals surface area contributed by atoms with Gasteiger partial charge in [0.15, 0.2) is 0 Å². The van der Waals surface area contributed by atoms with Gasteiger partial charge in [-0.2, -0.15) is 0 Å². The number of benzene rings is 6. The number of rotatable bonds is 1. The second kappa shape index (κ2) is 9.50. The Labute approximate surface area is 275 Å². The third-order valence-corrected chi connectivity index (χ3v) is 11.1. The van der Waals surface area contributed by atoms with Gasteiger partial charge in [0, 0.05) is 43.3 Å². The number of hydrogen-bond donors (Lipinski definition) is 0. The van der Waals surface area contributed by atoms with E-state index in [-0.39, 0.29) is 17.7 Å². The Balaban J connectivity index is 1.49. The van der Waals surface area contributed by atoms with Crippen molar-refractivity contribution >= 4 is 77.2 Å². The van der Waals surface area contributed by atoms with Gasteiger partial charge >= 0.3 is 6.92 Å². The Morgan fingerprint density at radius 2 is 1.28 bits per heavy atom. The SMILES string of the molecule is CC(C)(C)c1cc(N2c3ccc4ccccc4c3B3Oc4ccccc4-c4cc5c(sc6ccccc65)c2c43)cc(C(C)(C)C)c1. The van der Waals surface area contributed by atoms with Gasteiger partial charge in [-0.25, -0.2) is 0 Å². The van der Waals surface area contributed by atoms with Crippen LogP contribution in [0.25, 0.3) is 42.1 Å². The number of thiophene rings is 1. The molecule has 6 aromatic carbocycles. The maximum absolute atomic E-state index is 7.12. The molecule has 0 bridgehead atoms. The first-order chi connectivity index (χ1) is 22.1. The summed E-state index contributed by atoms with van der Waals surface area (Å²) >= 11 is 1.90. The minimum Gasteiger partial charge on any atom is -0.551 e. The summed E-state index contributed by atoms with van der Waals surface area (Å²) in [5, 5.41) is 5.09. The summed E-state index contributed by atoms with van der Waals surface area (Å²) in [5.74, 6) is 0.946. The molecule has 0 unspecified atom stereocenters. The lowest BCUT2D eigenvalue weighted by molar-refractivity contribution is 0.568. The lowest BCUT2D eigenvalue weighted by atomic mass is 9.48. The third kappa shape index (κ3) is 3.96. The van der Waals surface area contributed by atoms with Gasteiger partial charge in [0.05, 0.1) is 10.4 Å². The highest BCUT2D eigenvalue weighted by Gasteiger charge is 2.45. The highest BCUT2D eigenvalue weighted by Crippen LogP contribution is 2.51. The van der Waals surface area contributed by atoms with Crippen LogP contribution < -0.4 is 20.5 Å². The van der Waals surface area contributed by atoms with Crippen LogP contribution in [0.1, 0.15) is 52.7 Å². The molecule has 9 rings (SSSR count). The fourth-order valence-corrected chi connectivity index (χ4v) is 8.73. The predicted octanol–water partition coefficient (Wildman–Crippen LogP) is 10.8. The van der Waals surface area contributed by atoms with Crippen LogP contribution in [-0.2, 0) is 10.8 Å². The Morgan fingerprint density at radius 3 is 2.04 bits per heavy atom. The van der Waals surface area contributed by atoms with Crippen molar-refractivity contribution < 1.29 is 4.65 Å². The van der Waals surface area contributed by atoms with Crippen molar-refractivity contribution in [3.8, 4) is 16.9 Å². The normalized spacial score (nSPS) is 14.0. The molecule has 0 atom stereocenters. The van der Waals surface area contributed by atoms with Crippen molar-refractivity contribution in [1.29, 1.82) is 0 Å². The number of anilines is 3. The monoisotopic (exact) mass is 613 g/mol. The quantitative estimate of drug-likeness (QED) is 0.171. The van der Waals surface area contributed by atoms with Crippen molar-refractivity contribution in [3.05, 3.63) is 120 Å². The van der Waals surface area contributed by atoms with Crippen molar-refractivity contribution in [3.63, 3.8) is 0 Å². The number of nitrogens with zero attached hydrogens (tertiary/aromatic N) is 1. The number of hydrogen-bond acceptors (Lipinski definition) is 3. The van der Waals surface area contributed by atoms with Crippen LogP contribution in [0.5, 0.6) is 5.75 Å². The first kappa shape index (κ1) is 27.7. The predicted molar refractivity (Wildman–Crippen MR) is 200 cm³/mol. The molecule has 2 nitrogen and oxygen atoms in total. The molecule has 46 heavy (non-hydrogen) atoms. The first-order valence-corrected chi connectivity index (χ1v) is 17.1. The van der Waals surface area contributed by atoms with Crippen LogP contribution >= 0.6 is 11.3 Å². The Hall–Kier alpha value is -4.54. The van der Waals surface area contributed by atoms with Crippen LogP contribution in [0.2, 0.25) is 0 Å². The first-order valence-electron chi connectivity index (χ1n) is 16.3. The second-order valence-corrected chi connectivity index (χ2v) is 16.0. The van der Waals surface area contributed by atoms with Gasteiger partial charge in [0.1, 0.15) is 5.75 Å². The molecule has 7 aromatic rings. The zero-order chi connectivity index (χ0) is 31.5. The van der Waals surface area contributed by atoms with Gasteiger partial charge in [-0.3, -0.25) is 0 Å². The number of fused-ring (bicyclic) bond motifs is 10. The lowest BCUT2D eigenvalue weighted by Gasteiger charge is -2.41. The largest absolute Gasteiger partial charge is 0.551 e. The van der Waals surface area contributed by atoms with Crippen LogP contribution in [0, 0.1) is 0 Å². The molecule has 0 aliphatic carbocycles. The van der Waals surface area contributed by atoms with Crippen LogP contribution in [0.4, 0.5) is 17.1 Å². The van der Waals surface area contributed by atoms with E-state index in [2.05, 4.69) is 156 Å². The number of para-hydroxylation sites is 1. The van der Waals surface area contributed by atoms with Crippen molar-refractivity contribution in [1.82, 2.24) is 0 Å². The summed E-state index contributed by atoms with van der Waals surface area (Å²) in [5.41, 5.74) is 11.3. The van der Waals surface area contributed by atoms with E-state index in [1.165, 1.54) is 75.6 Å². The Morgan fingerprint density at radius 1 is 0.609 bits per heavy atom. The highest BCUT2D eigenvalue weighted by molar-refractivity contribution is 7.26. The maximum Gasteiger partial charge on any atom is 0.432 e. The van der Waals surface area contributed by atoms with E-state index < -0.39 is 0 Å². The van der Waals surface area contributed by atoms with Gasteiger partial charge in [-0.1, -0.05) is 114 Å². The van der Waals surface area contributed by atoms with E-state index >= 15 is 0 Å². The molecule has 0 spiro atoms. The molecule has 0 saturated carbocycles. The summed E-state index contributed by atoms with van der Waals surface area (Å²) in [7, 11) is 0. The molecule has 224 valence electrons. The zero-order valence-electron chi connectivity index (χ0n) is 27.2. The van der Waals surface area contributed by atoms with Gasteiger partial charge in [0.25, 0.3) is 0 Å². The van der Waals surface area contributed by atoms with E-state index in [4.69, 9.17) is 4.65 Å². The molecule has 1 aromatic heterocycles. The maximum atomic E-state index is 7.12. The minimum atomic E-state index is -0.222. The van der Waals surface area contributed by atoms with Crippen LogP contribution in [-0.4, -0.2) is 6.92 Å². The zero-order valence-corrected chi connectivity index (χ0v) is 28.0. The highest BCUT2D eigenvalue weighted by atomic mass is 32.1. The standard InChI is InChI=1S/C42H36BNOS/c1-41(2,3)26-21-27(42(4,5)6)23-28(22-26)44-34-20-19-25-13-7-8-14-29(25)37(34)43-38-32(30-15-9-11-17-35(30)45-43)24-33-31-16-10-12-18-36(31)46-40(33)39(38)44/h7-24H,1-6H3. The van der Waals surface area contributed by atoms with E-state index in [1.807, 2.05) is 11.3 Å². The van der Waals surface area contributed by atoms with Crippen LogP contribution in [0.3, 0.4) is 0 Å². The Bertz CT molecular complexity index is 2360. The molecule has 0 amide bonds. The van der Waals surface area contributed by atoms with Crippen molar-refractivity contribution in [2.75, 3.05) is 4.90 Å². The van der Waals surface area contributed by atoms with E-state index in [0.717, 1.165) is 11.3 Å². The fourth-order valence-electron chi connectivity index (χ4n) is 7.50. The second-order valence-electron chi connectivity index (χ2n) is 15.0. The van der Waals surface area contributed by atoms with Crippen LogP contribution in [0.15, 0.2) is 109 Å². The summed E-state index contributed by atoms with van der Waals surface area (Å²) < 4.78 is 9.74. The molecule has 2 aliphatic heterocycles. The molecular formula is C42H36BNOS.